The smallest absolute Gasteiger partial charge is 0.179 e. The van der Waals surface area contributed by atoms with Crippen LogP contribution in [0.25, 0.3) is 10.9 Å². The minimum Gasteiger partial charge on any atom is -0.379 e. The molecule has 1 aliphatic heterocycles. The second-order valence-electron chi connectivity index (χ2n) is 6.97. The summed E-state index contributed by atoms with van der Waals surface area (Å²) in [5, 5.41) is 2.27. The van der Waals surface area contributed by atoms with Crippen molar-refractivity contribution in [2.45, 2.75) is 16.5 Å². The van der Waals surface area contributed by atoms with Gasteiger partial charge in [-0.2, -0.15) is 0 Å². The van der Waals surface area contributed by atoms with Gasteiger partial charge in [-0.1, -0.05) is 29.8 Å². The summed E-state index contributed by atoms with van der Waals surface area (Å²) in [5.74, 6) is 1.18. The first-order valence-corrected chi connectivity index (χ1v) is 12.7. The lowest BCUT2D eigenvalue weighted by Crippen LogP contribution is -2.36. The van der Waals surface area contributed by atoms with Gasteiger partial charge in [0.15, 0.2) is 9.84 Å². The van der Waals surface area contributed by atoms with Gasteiger partial charge in [0.2, 0.25) is 0 Å². The van der Waals surface area contributed by atoms with Crippen molar-refractivity contribution in [1.29, 1.82) is 0 Å². The maximum Gasteiger partial charge on any atom is 0.179 e. The molecule has 0 saturated carbocycles. The predicted octanol–water partition coefficient (Wildman–Crippen LogP) is 3.68. The number of ether oxygens (including phenoxy) is 1. The predicted molar refractivity (Wildman–Crippen MR) is 120 cm³/mol. The molecular weight excluding hydrogens is 442 g/mol. The first-order chi connectivity index (χ1) is 14.5. The van der Waals surface area contributed by atoms with Gasteiger partial charge >= 0.3 is 0 Å². The van der Waals surface area contributed by atoms with Gasteiger partial charge in [0, 0.05) is 29.3 Å². The van der Waals surface area contributed by atoms with E-state index in [2.05, 4.69) is 4.90 Å². The van der Waals surface area contributed by atoms with Gasteiger partial charge < -0.3 is 4.74 Å². The van der Waals surface area contributed by atoms with E-state index in [4.69, 9.17) is 26.3 Å². The van der Waals surface area contributed by atoms with Crippen LogP contribution in [0, 0.1) is 0 Å². The van der Waals surface area contributed by atoms with E-state index in [-0.39, 0.29) is 10.6 Å². The molecule has 0 bridgehead atoms. The number of hydrogen-bond acceptors (Lipinski definition) is 7. The fourth-order valence-electron chi connectivity index (χ4n) is 3.24. The lowest BCUT2D eigenvalue weighted by Gasteiger charge is -2.25. The molecule has 0 unspecified atom stereocenters. The molecule has 0 spiro atoms. The summed E-state index contributed by atoms with van der Waals surface area (Å²) in [7, 11) is -3.38. The van der Waals surface area contributed by atoms with Crippen LogP contribution in [0.4, 0.5) is 0 Å². The summed E-state index contributed by atoms with van der Waals surface area (Å²) >= 11 is 7.31. The standard InChI is InChI=1S/C21H22ClN3O3S2/c22-16-5-7-17(8-6-16)30(26,27)14-13-29-21-18-3-1-2-4-19(18)23-20(24-21)15-25-9-11-28-12-10-25/h1-8H,9-15H2. The van der Waals surface area contributed by atoms with Crippen molar-refractivity contribution in [1.82, 2.24) is 14.9 Å². The molecule has 158 valence electrons. The Hall–Kier alpha value is -1.71. The molecule has 30 heavy (non-hydrogen) atoms. The number of aromatic nitrogens is 2. The lowest BCUT2D eigenvalue weighted by molar-refractivity contribution is 0.0330. The number of fused-ring (bicyclic) bond motifs is 1. The van der Waals surface area contributed by atoms with Crippen LogP contribution in [0.3, 0.4) is 0 Å². The molecule has 0 aliphatic carbocycles. The Morgan fingerprint density at radius 3 is 2.53 bits per heavy atom. The molecule has 3 aromatic rings. The average molecular weight is 464 g/mol. The van der Waals surface area contributed by atoms with Crippen LogP contribution >= 0.6 is 23.4 Å². The van der Waals surface area contributed by atoms with Crippen LogP contribution in [-0.4, -0.2) is 61.1 Å². The topological polar surface area (TPSA) is 72.4 Å². The van der Waals surface area contributed by atoms with E-state index in [0.29, 0.717) is 17.3 Å². The summed E-state index contributed by atoms with van der Waals surface area (Å²) in [6, 6.07) is 14.1. The molecule has 1 fully saturated rings. The van der Waals surface area contributed by atoms with Crippen molar-refractivity contribution in [3.63, 3.8) is 0 Å². The highest BCUT2D eigenvalue weighted by atomic mass is 35.5. The van der Waals surface area contributed by atoms with E-state index in [9.17, 15) is 8.42 Å². The summed E-state index contributed by atoms with van der Waals surface area (Å²) in [5.41, 5.74) is 0.874. The maximum absolute atomic E-state index is 12.6. The van der Waals surface area contributed by atoms with Crippen molar-refractivity contribution in [2.75, 3.05) is 37.8 Å². The molecule has 1 aliphatic rings. The van der Waals surface area contributed by atoms with E-state index in [1.807, 2.05) is 24.3 Å². The zero-order valence-electron chi connectivity index (χ0n) is 16.3. The Bertz CT molecular complexity index is 1120. The van der Waals surface area contributed by atoms with Gasteiger partial charge in [-0.15, -0.1) is 11.8 Å². The van der Waals surface area contributed by atoms with Gasteiger partial charge in [0.05, 0.1) is 35.9 Å². The van der Waals surface area contributed by atoms with Crippen molar-refractivity contribution in [2.24, 2.45) is 0 Å². The molecule has 6 nitrogen and oxygen atoms in total. The molecular formula is C21H22ClN3O3S2. The van der Waals surface area contributed by atoms with E-state index < -0.39 is 9.84 Å². The number of thioether (sulfide) groups is 1. The van der Waals surface area contributed by atoms with E-state index >= 15 is 0 Å². The molecule has 1 aromatic heterocycles. The molecule has 1 saturated heterocycles. The third-order valence-electron chi connectivity index (χ3n) is 4.85. The van der Waals surface area contributed by atoms with Crippen molar-refractivity contribution in [3.05, 3.63) is 59.4 Å². The number of benzene rings is 2. The molecule has 2 heterocycles. The number of morpholine rings is 1. The summed E-state index contributed by atoms with van der Waals surface area (Å²) in [4.78, 5) is 12.0. The number of halogens is 1. The van der Waals surface area contributed by atoms with E-state index in [1.54, 1.807) is 24.3 Å². The Morgan fingerprint density at radius 1 is 1.03 bits per heavy atom. The quantitative estimate of drug-likeness (QED) is 0.391. The Labute approximate surface area is 185 Å². The van der Waals surface area contributed by atoms with Crippen LogP contribution in [0.15, 0.2) is 58.5 Å². The van der Waals surface area contributed by atoms with Gasteiger partial charge in [-0.05, 0) is 30.3 Å². The van der Waals surface area contributed by atoms with Crippen LogP contribution < -0.4 is 0 Å². The van der Waals surface area contributed by atoms with Gasteiger partial charge in [0.1, 0.15) is 10.9 Å². The van der Waals surface area contributed by atoms with Crippen LogP contribution in [-0.2, 0) is 21.1 Å². The SMILES string of the molecule is O=S(=O)(CCSc1nc(CN2CCOCC2)nc2ccccc12)c1ccc(Cl)cc1. The lowest BCUT2D eigenvalue weighted by atomic mass is 10.2. The number of sulfone groups is 1. The minimum atomic E-state index is -3.38. The summed E-state index contributed by atoms with van der Waals surface area (Å²) in [6.45, 7) is 3.82. The number of rotatable bonds is 7. The zero-order valence-corrected chi connectivity index (χ0v) is 18.7. The molecule has 0 atom stereocenters. The van der Waals surface area contributed by atoms with Crippen molar-refractivity contribution < 1.29 is 13.2 Å². The van der Waals surface area contributed by atoms with Gasteiger partial charge in [-0.3, -0.25) is 4.90 Å². The second kappa shape index (κ2) is 9.62. The number of hydrogen-bond donors (Lipinski definition) is 0. The Kier molecular flexibility index (Phi) is 6.90. The first-order valence-electron chi connectivity index (χ1n) is 9.68. The minimum absolute atomic E-state index is 0.0242. The van der Waals surface area contributed by atoms with Gasteiger partial charge in [0.25, 0.3) is 0 Å². The van der Waals surface area contributed by atoms with E-state index in [0.717, 1.165) is 48.1 Å². The van der Waals surface area contributed by atoms with Crippen LogP contribution in [0.5, 0.6) is 0 Å². The molecule has 4 rings (SSSR count). The Balaban J connectivity index is 1.50. The maximum atomic E-state index is 12.6. The molecule has 0 N–H and O–H groups in total. The molecule has 9 heteroatoms. The number of nitrogens with zero attached hydrogens (tertiary/aromatic N) is 3. The zero-order chi connectivity index (χ0) is 21.0. The largest absolute Gasteiger partial charge is 0.379 e. The molecule has 2 aromatic carbocycles. The molecule has 0 amide bonds. The third-order valence-corrected chi connectivity index (χ3v) is 8.08. The average Bonchev–Trinajstić information content (AvgIpc) is 2.75. The highest BCUT2D eigenvalue weighted by Crippen LogP contribution is 2.26. The van der Waals surface area contributed by atoms with E-state index in [1.165, 1.54) is 11.8 Å². The van der Waals surface area contributed by atoms with Crippen molar-refractivity contribution >= 4 is 44.1 Å². The highest BCUT2D eigenvalue weighted by molar-refractivity contribution is 8.00. The van der Waals surface area contributed by atoms with Gasteiger partial charge in [-0.25, -0.2) is 18.4 Å². The highest BCUT2D eigenvalue weighted by Gasteiger charge is 2.17. The monoisotopic (exact) mass is 463 g/mol. The van der Waals surface area contributed by atoms with Crippen LogP contribution in [0.2, 0.25) is 5.02 Å². The van der Waals surface area contributed by atoms with Crippen LogP contribution in [0.1, 0.15) is 5.82 Å². The fourth-order valence-corrected chi connectivity index (χ4v) is 6.06. The Morgan fingerprint density at radius 2 is 1.77 bits per heavy atom. The van der Waals surface area contributed by atoms with Crippen molar-refractivity contribution in [3.8, 4) is 0 Å². The fraction of sp³-hybridized carbons (Fsp3) is 0.333. The summed E-state index contributed by atoms with van der Waals surface area (Å²) < 4.78 is 30.6. The number of para-hydroxylation sites is 1. The summed E-state index contributed by atoms with van der Waals surface area (Å²) in [6.07, 6.45) is 0. The second-order valence-corrected chi connectivity index (χ2v) is 10.6. The normalized spacial score (nSPS) is 15.5. The first kappa shape index (κ1) is 21.5. The molecule has 0 radical (unpaired) electrons. The third kappa shape index (κ3) is 5.31.